The van der Waals surface area contributed by atoms with Crippen molar-refractivity contribution in [2.75, 3.05) is 0 Å². The summed E-state index contributed by atoms with van der Waals surface area (Å²) in [4.78, 5) is 11.1. The Morgan fingerprint density at radius 3 is 2.12 bits per heavy atom. The highest BCUT2D eigenvalue weighted by Gasteiger charge is 2.30. The number of hydrogen-bond donors (Lipinski definition) is 1. The van der Waals surface area contributed by atoms with Crippen LogP contribution in [0.1, 0.15) is 57.8 Å². The normalized spacial score (nSPS) is 25.1. The molecule has 2 aliphatic carbocycles. The van der Waals surface area contributed by atoms with E-state index in [4.69, 9.17) is 0 Å². The summed E-state index contributed by atoms with van der Waals surface area (Å²) in [6.45, 7) is 0. The Morgan fingerprint density at radius 1 is 0.941 bits per heavy atom. The van der Waals surface area contributed by atoms with Crippen LogP contribution in [0.25, 0.3) is 0 Å². The van der Waals surface area contributed by atoms with E-state index in [1.165, 1.54) is 0 Å². The maximum atomic E-state index is 12.1. The van der Waals surface area contributed by atoms with Crippen LogP contribution in [0, 0.1) is 0 Å². The highest BCUT2D eigenvalue weighted by atomic mass is 32.2. The molecule has 0 unspecified atom stereocenters. The number of carbonyl (C=O) groups is 1. The molecule has 0 radical (unpaired) electrons. The Morgan fingerprint density at radius 2 is 1.53 bits per heavy atom. The van der Waals surface area contributed by atoms with Crippen LogP contribution >= 0.6 is 0 Å². The predicted molar refractivity (Wildman–Crippen MR) is 66.2 cm³/mol. The molecular formula is C12H21NO3S. The van der Waals surface area contributed by atoms with Gasteiger partial charge in [0.2, 0.25) is 10.0 Å². The largest absolute Gasteiger partial charge is 0.300 e. The first-order valence-corrected chi connectivity index (χ1v) is 8.15. The van der Waals surface area contributed by atoms with Crippen molar-refractivity contribution in [1.82, 2.24) is 4.72 Å². The minimum Gasteiger partial charge on any atom is -0.300 e. The van der Waals surface area contributed by atoms with E-state index in [1.807, 2.05) is 0 Å². The minimum atomic E-state index is -3.16. The lowest BCUT2D eigenvalue weighted by atomic mass is 9.95. The van der Waals surface area contributed by atoms with Crippen molar-refractivity contribution in [2.45, 2.75) is 69.1 Å². The SMILES string of the molecule is O=C1CCC(NS(=O)(=O)C2CCCCC2)CC1. The van der Waals surface area contributed by atoms with Crippen LogP contribution in [0.5, 0.6) is 0 Å². The molecule has 0 aromatic carbocycles. The van der Waals surface area contributed by atoms with Gasteiger partial charge in [-0.1, -0.05) is 19.3 Å². The minimum absolute atomic E-state index is 0.0142. The number of rotatable bonds is 3. The summed E-state index contributed by atoms with van der Waals surface area (Å²) in [6.07, 6.45) is 7.18. The molecule has 1 N–H and O–H groups in total. The number of sulfonamides is 1. The predicted octanol–water partition coefficient (Wildman–Crippen LogP) is 1.75. The zero-order valence-electron chi connectivity index (χ0n) is 10.2. The summed E-state index contributed by atoms with van der Waals surface area (Å²) < 4.78 is 27.1. The molecule has 0 spiro atoms. The van der Waals surface area contributed by atoms with Gasteiger partial charge in [-0.3, -0.25) is 4.79 Å². The smallest absolute Gasteiger partial charge is 0.214 e. The van der Waals surface area contributed by atoms with Crippen molar-refractivity contribution in [1.29, 1.82) is 0 Å². The molecule has 17 heavy (non-hydrogen) atoms. The second-order valence-electron chi connectivity index (χ2n) is 5.24. The second kappa shape index (κ2) is 5.48. The van der Waals surface area contributed by atoms with Crippen molar-refractivity contribution in [3.63, 3.8) is 0 Å². The molecule has 0 aromatic rings. The third-order valence-electron chi connectivity index (χ3n) is 3.87. The van der Waals surface area contributed by atoms with Gasteiger partial charge in [-0.15, -0.1) is 0 Å². The molecule has 0 atom stereocenters. The fourth-order valence-corrected chi connectivity index (χ4v) is 4.61. The van der Waals surface area contributed by atoms with Crippen LogP contribution in [0.4, 0.5) is 0 Å². The molecule has 5 heteroatoms. The monoisotopic (exact) mass is 259 g/mol. The van der Waals surface area contributed by atoms with Gasteiger partial charge in [0.1, 0.15) is 5.78 Å². The topological polar surface area (TPSA) is 63.2 Å². The standard InChI is InChI=1S/C12H21NO3S/c14-11-8-6-10(7-9-11)13-17(15,16)12-4-2-1-3-5-12/h10,12-13H,1-9H2. The first kappa shape index (κ1) is 13.0. The maximum absolute atomic E-state index is 12.1. The molecule has 0 bridgehead atoms. The fourth-order valence-electron chi connectivity index (χ4n) is 2.76. The Hall–Kier alpha value is -0.420. The molecule has 2 fully saturated rings. The molecule has 0 saturated heterocycles. The van der Waals surface area contributed by atoms with E-state index in [2.05, 4.69) is 4.72 Å². The number of Topliss-reactive ketones (excluding diaryl/α,β-unsaturated/α-hetero) is 1. The van der Waals surface area contributed by atoms with Crippen LogP contribution in [-0.2, 0) is 14.8 Å². The highest BCUT2D eigenvalue weighted by Crippen LogP contribution is 2.24. The first-order valence-electron chi connectivity index (χ1n) is 6.61. The number of carbonyl (C=O) groups excluding carboxylic acids is 1. The summed E-state index contributed by atoms with van der Waals surface area (Å²) >= 11 is 0. The van der Waals surface area contributed by atoms with Crippen molar-refractivity contribution in [2.24, 2.45) is 0 Å². The van der Waals surface area contributed by atoms with Gasteiger partial charge in [0.15, 0.2) is 0 Å². The lowest BCUT2D eigenvalue weighted by Gasteiger charge is -2.27. The van der Waals surface area contributed by atoms with Crippen molar-refractivity contribution in [3.05, 3.63) is 0 Å². The average Bonchev–Trinajstić information content (AvgIpc) is 2.33. The van der Waals surface area contributed by atoms with E-state index < -0.39 is 10.0 Å². The molecule has 98 valence electrons. The third-order valence-corrected chi connectivity index (χ3v) is 5.88. The molecule has 2 saturated carbocycles. The van der Waals surface area contributed by atoms with E-state index in [9.17, 15) is 13.2 Å². The van der Waals surface area contributed by atoms with Gasteiger partial charge in [-0.25, -0.2) is 13.1 Å². The van der Waals surface area contributed by atoms with Crippen molar-refractivity contribution in [3.8, 4) is 0 Å². The van der Waals surface area contributed by atoms with Gasteiger partial charge in [0.25, 0.3) is 0 Å². The molecule has 2 rings (SSSR count). The maximum Gasteiger partial charge on any atom is 0.214 e. The molecule has 4 nitrogen and oxygen atoms in total. The van der Waals surface area contributed by atoms with Gasteiger partial charge >= 0.3 is 0 Å². The molecule has 0 aliphatic heterocycles. The molecule has 0 aromatic heterocycles. The zero-order valence-corrected chi connectivity index (χ0v) is 11.0. The summed E-state index contributed by atoms with van der Waals surface area (Å²) in [5.41, 5.74) is 0. The lowest BCUT2D eigenvalue weighted by molar-refractivity contribution is -0.120. The van der Waals surface area contributed by atoms with Crippen molar-refractivity contribution >= 4 is 15.8 Å². The van der Waals surface area contributed by atoms with Gasteiger partial charge in [-0.2, -0.15) is 0 Å². The van der Waals surface area contributed by atoms with Crippen LogP contribution in [0.2, 0.25) is 0 Å². The van der Waals surface area contributed by atoms with E-state index >= 15 is 0 Å². The third kappa shape index (κ3) is 3.52. The van der Waals surface area contributed by atoms with E-state index in [-0.39, 0.29) is 17.1 Å². The van der Waals surface area contributed by atoms with Crippen LogP contribution in [-0.4, -0.2) is 25.5 Å². The Balaban J connectivity index is 1.90. The quantitative estimate of drug-likeness (QED) is 0.840. The Labute approximate surface area is 103 Å². The van der Waals surface area contributed by atoms with Crippen LogP contribution in [0.15, 0.2) is 0 Å². The number of ketones is 1. The van der Waals surface area contributed by atoms with Gasteiger partial charge in [0, 0.05) is 18.9 Å². The number of nitrogens with one attached hydrogen (secondary N) is 1. The van der Waals surface area contributed by atoms with E-state index in [0.717, 1.165) is 32.1 Å². The fraction of sp³-hybridized carbons (Fsp3) is 0.917. The second-order valence-corrected chi connectivity index (χ2v) is 7.23. The Kier molecular flexibility index (Phi) is 4.20. The first-order chi connectivity index (χ1) is 8.08. The number of hydrogen-bond acceptors (Lipinski definition) is 3. The van der Waals surface area contributed by atoms with E-state index in [1.54, 1.807) is 0 Å². The summed E-state index contributed by atoms with van der Waals surface area (Å²) in [6, 6.07) is -0.0142. The summed E-state index contributed by atoms with van der Waals surface area (Å²) in [7, 11) is -3.16. The van der Waals surface area contributed by atoms with Crippen molar-refractivity contribution < 1.29 is 13.2 Å². The summed E-state index contributed by atoms with van der Waals surface area (Å²) in [5, 5.41) is -0.200. The molecule has 2 aliphatic rings. The van der Waals surface area contributed by atoms with E-state index in [0.29, 0.717) is 25.7 Å². The molecule has 0 heterocycles. The van der Waals surface area contributed by atoms with Crippen LogP contribution < -0.4 is 4.72 Å². The zero-order chi connectivity index (χ0) is 12.3. The van der Waals surface area contributed by atoms with Gasteiger partial charge in [0.05, 0.1) is 5.25 Å². The van der Waals surface area contributed by atoms with Gasteiger partial charge in [-0.05, 0) is 25.7 Å². The Bertz CT molecular complexity index is 361. The molecular weight excluding hydrogens is 238 g/mol. The lowest BCUT2D eigenvalue weighted by Crippen LogP contribution is -2.43. The highest BCUT2D eigenvalue weighted by molar-refractivity contribution is 7.90. The van der Waals surface area contributed by atoms with Gasteiger partial charge < -0.3 is 0 Å². The summed E-state index contributed by atoms with van der Waals surface area (Å²) in [5.74, 6) is 0.262. The average molecular weight is 259 g/mol. The van der Waals surface area contributed by atoms with Crippen LogP contribution in [0.3, 0.4) is 0 Å². The molecule has 0 amide bonds.